The summed E-state index contributed by atoms with van der Waals surface area (Å²) in [6.07, 6.45) is 1.92. The van der Waals surface area contributed by atoms with E-state index in [2.05, 4.69) is 34.6 Å². The van der Waals surface area contributed by atoms with Crippen molar-refractivity contribution in [2.75, 3.05) is 17.3 Å². The maximum Gasteiger partial charge on any atom is 0.145 e. The molecule has 0 saturated carbocycles. The molecule has 0 bridgehead atoms. The average molecular weight is 223 g/mol. The predicted molar refractivity (Wildman–Crippen MR) is 67.2 cm³/mol. The van der Waals surface area contributed by atoms with Gasteiger partial charge < -0.3 is 10.7 Å². The quantitative estimate of drug-likeness (QED) is 0.506. The summed E-state index contributed by atoms with van der Waals surface area (Å²) in [7, 11) is 0. The van der Waals surface area contributed by atoms with Crippen LogP contribution in [0.5, 0.6) is 0 Å². The van der Waals surface area contributed by atoms with Crippen molar-refractivity contribution in [2.24, 2.45) is 11.8 Å². The molecule has 5 nitrogen and oxygen atoms in total. The van der Waals surface area contributed by atoms with Gasteiger partial charge in [0.05, 0.1) is 0 Å². The molecule has 90 valence electrons. The zero-order chi connectivity index (χ0) is 12.0. The maximum atomic E-state index is 5.35. The van der Waals surface area contributed by atoms with Gasteiger partial charge >= 0.3 is 0 Å². The highest BCUT2D eigenvalue weighted by molar-refractivity contribution is 5.46. The van der Waals surface area contributed by atoms with Gasteiger partial charge in [0, 0.05) is 19.0 Å². The van der Waals surface area contributed by atoms with Gasteiger partial charge in [-0.3, -0.25) is 0 Å². The lowest BCUT2D eigenvalue weighted by Gasteiger charge is -2.10. The lowest BCUT2D eigenvalue weighted by molar-refractivity contribution is 0.606. The van der Waals surface area contributed by atoms with Gasteiger partial charge in [0.15, 0.2) is 0 Å². The number of nitrogen functional groups attached to an aromatic ring is 1. The van der Waals surface area contributed by atoms with E-state index in [4.69, 9.17) is 5.84 Å². The third-order valence-electron chi connectivity index (χ3n) is 2.26. The summed E-state index contributed by atoms with van der Waals surface area (Å²) in [5.41, 5.74) is 2.55. The molecule has 16 heavy (non-hydrogen) atoms. The summed E-state index contributed by atoms with van der Waals surface area (Å²) in [6.45, 7) is 7.34. The van der Waals surface area contributed by atoms with Gasteiger partial charge in [-0.15, -0.1) is 0 Å². The lowest BCUT2D eigenvalue weighted by atomic mass is 10.1. The van der Waals surface area contributed by atoms with Crippen molar-refractivity contribution in [3.63, 3.8) is 0 Å². The van der Waals surface area contributed by atoms with E-state index in [1.165, 1.54) is 0 Å². The first kappa shape index (κ1) is 12.7. The first-order valence-corrected chi connectivity index (χ1v) is 5.74. The van der Waals surface area contributed by atoms with Crippen LogP contribution in [0.4, 0.5) is 11.6 Å². The highest BCUT2D eigenvalue weighted by atomic mass is 15.3. The van der Waals surface area contributed by atoms with Crippen molar-refractivity contribution in [3.8, 4) is 0 Å². The van der Waals surface area contributed by atoms with Crippen LogP contribution < -0.4 is 16.6 Å². The van der Waals surface area contributed by atoms with E-state index >= 15 is 0 Å². The van der Waals surface area contributed by atoms with E-state index in [0.29, 0.717) is 11.7 Å². The molecule has 0 aromatic carbocycles. The number of nitrogens with zero attached hydrogens (tertiary/aromatic N) is 2. The SMILES string of the molecule is CCc1nc(NN)cc(NCCC(C)C)n1. The Labute approximate surface area is 96.8 Å². The van der Waals surface area contributed by atoms with E-state index < -0.39 is 0 Å². The minimum absolute atomic E-state index is 0.652. The first-order valence-electron chi connectivity index (χ1n) is 5.74. The second-order valence-electron chi connectivity index (χ2n) is 4.16. The van der Waals surface area contributed by atoms with Crippen LogP contribution in [0.15, 0.2) is 6.07 Å². The first-order chi connectivity index (χ1) is 7.65. The molecule has 0 aliphatic carbocycles. The average Bonchev–Trinajstić information content (AvgIpc) is 2.28. The summed E-state index contributed by atoms with van der Waals surface area (Å²) in [5, 5.41) is 3.28. The Morgan fingerprint density at radius 1 is 1.31 bits per heavy atom. The molecule has 0 spiro atoms. The molecular weight excluding hydrogens is 202 g/mol. The molecule has 0 aliphatic rings. The van der Waals surface area contributed by atoms with Gasteiger partial charge in [0.25, 0.3) is 0 Å². The van der Waals surface area contributed by atoms with Gasteiger partial charge in [-0.25, -0.2) is 15.8 Å². The van der Waals surface area contributed by atoms with Gasteiger partial charge in [0.2, 0.25) is 0 Å². The Hall–Kier alpha value is -1.36. The molecule has 5 heteroatoms. The minimum Gasteiger partial charge on any atom is -0.370 e. The van der Waals surface area contributed by atoms with E-state index in [9.17, 15) is 0 Å². The van der Waals surface area contributed by atoms with E-state index in [-0.39, 0.29) is 0 Å². The predicted octanol–water partition coefficient (Wildman–Crippen LogP) is 1.78. The number of aryl methyl sites for hydroxylation is 1. The van der Waals surface area contributed by atoms with Crippen molar-refractivity contribution >= 4 is 11.6 Å². The molecule has 1 aromatic rings. The number of nitrogens with one attached hydrogen (secondary N) is 2. The van der Waals surface area contributed by atoms with Crippen LogP contribution in [-0.2, 0) is 6.42 Å². The lowest BCUT2D eigenvalue weighted by Crippen LogP contribution is -2.13. The van der Waals surface area contributed by atoms with Gasteiger partial charge in [0.1, 0.15) is 17.5 Å². The maximum absolute atomic E-state index is 5.35. The second-order valence-corrected chi connectivity index (χ2v) is 4.16. The van der Waals surface area contributed by atoms with Gasteiger partial charge in [-0.1, -0.05) is 20.8 Å². The van der Waals surface area contributed by atoms with Crippen LogP contribution in [-0.4, -0.2) is 16.5 Å². The fourth-order valence-electron chi connectivity index (χ4n) is 1.31. The fraction of sp³-hybridized carbons (Fsp3) is 0.636. The van der Waals surface area contributed by atoms with Crippen LogP contribution in [0.3, 0.4) is 0 Å². The Morgan fingerprint density at radius 2 is 2.00 bits per heavy atom. The number of anilines is 2. The van der Waals surface area contributed by atoms with Crippen molar-refractivity contribution in [1.82, 2.24) is 9.97 Å². The smallest absolute Gasteiger partial charge is 0.145 e. The fourth-order valence-corrected chi connectivity index (χ4v) is 1.31. The van der Waals surface area contributed by atoms with E-state index in [1.54, 1.807) is 0 Å². The largest absolute Gasteiger partial charge is 0.370 e. The summed E-state index contributed by atoms with van der Waals surface area (Å²) in [6, 6.07) is 1.82. The third-order valence-corrected chi connectivity index (χ3v) is 2.26. The standard InChI is InChI=1S/C11H21N5/c1-4-9-14-10(7-11(15-9)16-12)13-6-5-8(2)3/h7-8H,4-6,12H2,1-3H3,(H2,13,14,15,16). The molecule has 0 aliphatic heterocycles. The third kappa shape index (κ3) is 4.02. The molecular formula is C11H21N5. The molecule has 4 N–H and O–H groups in total. The molecule has 0 radical (unpaired) electrons. The van der Waals surface area contributed by atoms with Gasteiger partial charge in [-0.05, 0) is 12.3 Å². The Kier molecular flexibility index (Phi) is 4.98. The number of hydrogen-bond donors (Lipinski definition) is 3. The highest BCUT2D eigenvalue weighted by Gasteiger charge is 2.02. The van der Waals surface area contributed by atoms with Crippen LogP contribution >= 0.6 is 0 Å². The van der Waals surface area contributed by atoms with Crippen molar-refractivity contribution in [2.45, 2.75) is 33.6 Å². The summed E-state index contributed by atoms with van der Waals surface area (Å²) >= 11 is 0. The number of rotatable bonds is 6. The second kappa shape index (κ2) is 6.27. The Bertz CT molecular complexity index is 302. The number of aromatic nitrogens is 2. The van der Waals surface area contributed by atoms with Crippen LogP contribution in [0, 0.1) is 5.92 Å². The Balaban J connectivity index is 2.64. The number of hydrazine groups is 1. The molecule has 1 heterocycles. The normalized spacial score (nSPS) is 10.6. The van der Waals surface area contributed by atoms with Crippen molar-refractivity contribution in [3.05, 3.63) is 11.9 Å². The zero-order valence-corrected chi connectivity index (χ0v) is 10.2. The molecule has 1 aromatic heterocycles. The molecule has 0 atom stereocenters. The molecule has 0 amide bonds. The number of hydrogen-bond acceptors (Lipinski definition) is 5. The van der Waals surface area contributed by atoms with Crippen LogP contribution in [0.25, 0.3) is 0 Å². The van der Waals surface area contributed by atoms with E-state index in [0.717, 1.165) is 31.0 Å². The molecule has 0 saturated heterocycles. The van der Waals surface area contributed by atoms with Crippen LogP contribution in [0.2, 0.25) is 0 Å². The Morgan fingerprint density at radius 3 is 2.56 bits per heavy atom. The topological polar surface area (TPSA) is 75.9 Å². The van der Waals surface area contributed by atoms with Crippen molar-refractivity contribution < 1.29 is 0 Å². The minimum atomic E-state index is 0.652. The van der Waals surface area contributed by atoms with Crippen molar-refractivity contribution in [1.29, 1.82) is 0 Å². The zero-order valence-electron chi connectivity index (χ0n) is 10.2. The summed E-state index contributed by atoms with van der Waals surface area (Å²) in [4.78, 5) is 8.61. The summed E-state index contributed by atoms with van der Waals surface area (Å²) in [5.74, 6) is 8.32. The molecule has 0 unspecified atom stereocenters. The highest BCUT2D eigenvalue weighted by Crippen LogP contribution is 2.11. The van der Waals surface area contributed by atoms with Gasteiger partial charge in [-0.2, -0.15) is 0 Å². The molecule has 1 rings (SSSR count). The summed E-state index contributed by atoms with van der Waals surface area (Å²) < 4.78 is 0. The van der Waals surface area contributed by atoms with E-state index in [1.807, 2.05) is 13.0 Å². The monoisotopic (exact) mass is 223 g/mol. The number of nitrogens with two attached hydrogens (primary N) is 1. The molecule has 0 fully saturated rings. The van der Waals surface area contributed by atoms with Crippen LogP contribution in [0.1, 0.15) is 33.0 Å².